The molecule has 4 nitrogen and oxygen atoms in total. The molecule has 4 heteroatoms. The van der Waals surface area contributed by atoms with Crippen LogP contribution < -0.4 is 0 Å². The van der Waals surface area contributed by atoms with Crippen LogP contribution in [-0.4, -0.2) is 47.2 Å². The SMILES string of the molecule is C=CCN(CC=C)C1CCC(O)(c2ccccc2C2=NC(CC=C)(CC=C)CO2)CC1. The Kier molecular flexibility index (Phi) is 7.69. The smallest absolute Gasteiger partial charge is 0.217 e. The molecule has 1 aliphatic heterocycles. The fourth-order valence-electron chi connectivity index (χ4n) is 4.94. The maximum absolute atomic E-state index is 11.7. The largest absolute Gasteiger partial charge is 0.475 e. The van der Waals surface area contributed by atoms with Crippen molar-refractivity contribution in [2.24, 2.45) is 4.99 Å². The minimum absolute atomic E-state index is 0.345. The molecular formula is C27H36N2O2. The van der Waals surface area contributed by atoms with Gasteiger partial charge in [-0.25, -0.2) is 4.99 Å². The lowest BCUT2D eigenvalue weighted by molar-refractivity contribution is -0.0225. The lowest BCUT2D eigenvalue weighted by Crippen LogP contribution is -2.43. The van der Waals surface area contributed by atoms with E-state index in [0.717, 1.165) is 49.9 Å². The summed E-state index contributed by atoms with van der Waals surface area (Å²) in [5, 5.41) is 11.7. The molecule has 0 aromatic heterocycles. The maximum Gasteiger partial charge on any atom is 0.217 e. The maximum atomic E-state index is 11.7. The molecule has 0 amide bonds. The number of aliphatic hydroxyl groups is 1. The molecule has 0 unspecified atom stereocenters. The molecule has 1 fully saturated rings. The first-order valence-electron chi connectivity index (χ1n) is 11.2. The van der Waals surface area contributed by atoms with Gasteiger partial charge >= 0.3 is 0 Å². The van der Waals surface area contributed by atoms with Gasteiger partial charge in [-0.1, -0.05) is 42.5 Å². The average molecular weight is 421 g/mol. The summed E-state index contributed by atoms with van der Waals surface area (Å²) in [6, 6.07) is 8.43. The van der Waals surface area contributed by atoms with E-state index in [4.69, 9.17) is 9.73 Å². The summed E-state index contributed by atoms with van der Waals surface area (Å²) in [5.74, 6) is 0.620. The van der Waals surface area contributed by atoms with Gasteiger partial charge in [0.1, 0.15) is 12.1 Å². The Morgan fingerprint density at radius 2 is 1.61 bits per heavy atom. The minimum Gasteiger partial charge on any atom is -0.475 e. The van der Waals surface area contributed by atoms with E-state index in [1.54, 1.807) is 0 Å². The molecule has 0 atom stereocenters. The van der Waals surface area contributed by atoms with E-state index in [0.29, 0.717) is 31.4 Å². The van der Waals surface area contributed by atoms with Crippen LogP contribution in [0.2, 0.25) is 0 Å². The van der Waals surface area contributed by atoms with Crippen molar-refractivity contribution < 1.29 is 9.84 Å². The monoisotopic (exact) mass is 420 g/mol. The molecule has 1 N–H and O–H groups in total. The highest BCUT2D eigenvalue weighted by molar-refractivity contribution is 5.97. The number of nitrogens with zero attached hydrogens (tertiary/aromatic N) is 2. The third-order valence-corrected chi connectivity index (χ3v) is 6.55. The fraction of sp³-hybridized carbons (Fsp3) is 0.444. The van der Waals surface area contributed by atoms with Crippen LogP contribution in [-0.2, 0) is 10.3 Å². The topological polar surface area (TPSA) is 45.1 Å². The van der Waals surface area contributed by atoms with Gasteiger partial charge in [-0.15, -0.1) is 26.3 Å². The third kappa shape index (κ3) is 5.08. The van der Waals surface area contributed by atoms with Crippen molar-refractivity contribution in [3.63, 3.8) is 0 Å². The summed E-state index contributed by atoms with van der Waals surface area (Å²) < 4.78 is 6.07. The molecular weight excluding hydrogens is 384 g/mol. The van der Waals surface area contributed by atoms with E-state index in [9.17, 15) is 5.11 Å². The predicted octanol–water partition coefficient (Wildman–Crippen LogP) is 5.16. The van der Waals surface area contributed by atoms with Crippen molar-refractivity contribution >= 4 is 5.90 Å². The normalized spacial score (nSPS) is 24.8. The molecule has 1 aliphatic carbocycles. The first kappa shape index (κ1) is 23.2. The van der Waals surface area contributed by atoms with E-state index in [-0.39, 0.29) is 5.54 Å². The highest BCUT2D eigenvalue weighted by Gasteiger charge is 2.40. The Balaban J connectivity index is 1.84. The molecule has 0 radical (unpaired) electrons. The second kappa shape index (κ2) is 10.3. The zero-order valence-electron chi connectivity index (χ0n) is 18.6. The summed E-state index contributed by atoms with van der Waals surface area (Å²) in [6.45, 7) is 17.7. The van der Waals surface area contributed by atoms with Gasteiger partial charge in [-0.2, -0.15) is 0 Å². The lowest BCUT2D eigenvalue weighted by Gasteiger charge is -2.41. The van der Waals surface area contributed by atoms with E-state index in [1.807, 2.05) is 48.6 Å². The molecule has 3 rings (SSSR count). The molecule has 1 heterocycles. The molecule has 1 aromatic rings. The van der Waals surface area contributed by atoms with Gasteiger partial charge < -0.3 is 9.84 Å². The molecule has 2 aliphatic rings. The van der Waals surface area contributed by atoms with E-state index < -0.39 is 5.60 Å². The summed E-state index contributed by atoms with van der Waals surface area (Å²) in [7, 11) is 0. The second-order valence-electron chi connectivity index (χ2n) is 8.76. The van der Waals surface area contributed by atoms with Crippen LogP contribution in [0.5, 0.6) is 0 Å². The van der Waals surface area contributed by atoms with Crippen LogP contribution in [0, 0.1) is 0 Å². The zero-order chi connectivity index (χ0) is 22.3. The van der Waals surface area contributed by atoms with Gasteiger partial charge in [0.15, 0.2) is 0 Å². The first-order valence-corrected chi connectivity index (χ1v) is 11.2. The number of ether oxygens (including phenoxy) is 1. The standard InChI is InChI=1S/C27H36N2O2/c1-5-15-26(16-6-2)21-31-25(28-26)23-11-9-10-12-24(23)27(30)17-13-22(14-18-27)29(19-7-3)20-8-4/h5-12,22,30H,1-4,13-21H2. The van der Waals surface area contributed by atoms with Gasteiger partial charge in [-0.05, 0) is 50.2 Å². The van der Waals surface area contributed by atoms with Crippen molar-refractivity contribution in [3.05, 3.63) is 86.0 Å². The van der Waals surface area contributed by atoms with Crippen LogP contribution in [0.25, 0.3) is 0 Å². The quantitative estimate of drug-likeness (QED) is 0.503. The van der Waals surface area contributed by atoms with Crippen molar-refractivity contribution in [2.45, 2.75) is 55.7 Å². The molecule has 0 spiro atoms. The molecule has 166 valence electrons. The molecule has 1 saturated carbocycles. The van der Waals surface area contributed by atoms with Gasteiger partial charge in [0, 0.05) is 24.7 Å². The summed E-state index contributed by atoms with van der Waals surface area (Å²) in [5.41, 5.74) is 0.587. The Morgan fingerprint density at radius 1 is 1.00 bits per heavy atom. The number of aliphatic imine (C=N–C) groups is 1. The average Bonchev–Trinajstić information content (AvgIpc) is 3.18. The van der Waals surface area contributed by atoms with Crippen LogP contribution in [0.1, 0.15) is 49.7 Å². The van der Waals surface area contributed by atoms with E-state index >= 15 is 0 Å². The minimum atomic E-state index is -0.880. The fourth-order valence-corrected chi connectivity index (χ4v) is 4.94. The number of hydrogen-bond donors (Lipinski definition) is 1. The number of benzene rings is 1. The molecule has 1 aromatic carbocycles. The molecule has 0 saturated heterocycles. The van der Waals surface area contributed by atoms with Crippen LogP contribution in [0.4, 0.5) is 0 Å². The number of hydrogen-bond acceptors (Lipinski definition) is 4. The molecule has 0 bridgehead atoms. The van der Waals surface area contributed by atoms with Gasteiger partial charge in [-0.3, -0.25) is 4.90 Å². The van der Waals surface area contributed by atoms with Crippen molar-refractivity contribution in [1.29, 1.82) is 0 Å². The zero-order valence-corrected chi connectivity index (χ0v) is 18.6. The summed E-state index contributed by atoms with van der Waals surface area (Å²) in [6.07, 6.45) is 12.4. The lowest BCUT2D eigenvalue weighted by atomic mass is 9.75. The predicted molar refractivity (Wildman–Crippen MR) is 129 cm³/mol. The first-order chi connectivity index (χ1) is 15.0. The van der Waals surface area contributed by atoms with Crippen molar-refractivity contribution in [2.75, 3.05) is 19.7 Å². The Hall–Kier alpha value is -2.43. The van der Waals surface area contributed by atoms with Crippen LogP contribution >= 0.6 is 0 Å². The van der Waals surface area contributed by atoms with Crippen LogP contribution in [0.15, 0.2) is 79.9 Å². The van der Waals surface area contributed by atoms with Crippen LogP contribution in [0.3, 0.4) is 0 Å². The van der Waals surface area contributed by atoms with Gasteiger partial charge in [0.25, 0.3) is 0 Å². The Morgan fingerprint density at radius 3 is 2.19 bits per heavy atom. The third-order valence-electron chi connectivity index (χ3n) is 6.55. The number of rotatable bonds is 11. The van der Waals surface area contributed by atoms with Crippen molar-refractivity contribution in [3.8, 4) is 0 Å². The van der Waals surface area contributed by atoms with Gasteiger partial charge in [0.2, 0.25) is 5.90 Å². The highest BCUT2D eigenvalue weighted by atomic mass is 16.5. The highest BCUT2D eigenvalue weighted by Crippen LogP contribution is 2.41. The Bertz CT molecular complexity index is 813. The Labute approximate surface area is 187 Å². The van der Waals surface area contributed by atoms with Crippen molar-refractivity contribution in [1.82, 2.24) is 4.90 Å². The van der Waals surface area contributed by atoms with E-state index in [2.05, 4.69) is 31.2 Å². The molecule has 31 heavy (non-hydrogen) atoms. The second-order valence-corrected chi connectivity index (χ2v) is 8.76. The van der Waals surface area contributed by atoms with E-state index in [1.165, 1.54) is 0 Å². The van der Waals surface area contributed by atoms with Gasteiger partial charge in [0.05, 0.1) is 5.60 Å². The summed E-state index contributed by atoms with van der Waals surface area (Å²) in [4.78, 5) is 7.34. The summed E-state index contributed by atoms with van der Waals surface area (Å²) >= 11 is 0.